The van der Waals surface area contributed by atoms with Crippen molar-refractivity contribution in [2.75, 3.05) is 13.1 Å². The summed E-state index contributed by atoms with van der Waals surface area (Å²) in [6, 6.07) is 19.5. The van der Waals surface area contributed by atoms with Gasteiger partial charge in [0.2, 0.25) is 0 Å². The molecule has 1 saturated carbocycles. The third kappa shape index (κ3) is 2.09. The second-order valence-corrected chi connectivity index (χ2v) is 7.92. The normalized spacial score (nSPS) is 31.6. The van der Waals surface area contributed by atoms with Crippen LogP contribution in [-0.4, -0.2) is 23.8 Å². The maximum Gasteiger partial charge on any atom is 0.141 e. The van der Waals surface area contributed by atoms with Gasteiger partial charge in [-0.2, -0.15) is 0 Å². The lowest BCUT2D eigenvalue weighted by molar-refractivity contribution is -0.126. The van der Waals surface area contributed by atoms with Gasteiger partial charge in [0.25, 0.3) is 0 Å². The summed E-state index contributed by atoms with van der Waals surface area (Å²) in [6.07, 6.45) is 3.07. The Morgan fingerprint density at radius 1 is 1.00 bits per heavy atom. The number of nitrogens with zero attached hydrogens (tertiary/aromatic N) is 1. The fraction of sp³-hybridized carbons (Fsp3) is 0.409. The molecule has 0 amide bonds. The van der Waals surface area contributed by atoms with Crippen molar-refractivity contribution < 1.29 is 4.79 Å². The van der Waals surface area contributed by atoms with Crippen molar-refractivity contribution >= 4 is 5.78 Å². The van der Waals surface area contributed by atoms with Crippen LogP contribution in [0, 0.1) is 5.41 Å². The highest BCUT2D eigenvalue weighted by atomic mass is 16.1. The van der Waals surface area contributed by atoms with Crippen molar-refractivity contribution in [3.05, 3.63) is 71.3 Å². The molecule has 24 heavy (non-hydrogen) atoms. The Labute approximate surface area is 143 Å². The molecule has 2 bridgehead atoms. The molecular weight excluding hydrogens is 294 g/mol. The van der Waals surface area contributed by atoms with E-state index in [0.717, 1.165) is 32.5 Å². The summed E-state index contributed by atoms with van der Waals surface area (Å²) in [7, 11) is 0. The lowest BCUT2D eigenvalue weighted by Gasteiger charge is -2.50. The van der Waals surface area contributed by atoms with Crippen molar-refractivity contribution in [1.82, 2.24) is 4.90 Å². The minimum absolute atomic E-state index is 0.155. The fourth-order valence-electron chi connectivity index (χ4n) is 5.50. The van der Waals surface area contributed by atoms with E-state index < -0.39 is 0 Å². The summed E-state index contributed by atoms with van der Waals surface area (Å²) >= 11 is 0. The lowest BCUT2D eigenvalue weighted by atomic mass is 9.53. The van der Waals surface area contributed by atoms with Gasteiger partial charge in [-0.1, -0.05) is 54.6 Å². The molecule has 0 radical (unpaired) electrons. The highest BCUT2D eigenvalue weighted by molar-refractivity contribution is 5.90. The van der Waals surface area contributed by atoms with Crippen molar-refractivity contribution in [2.45, 2.75) is 37.6 Å². The molecule has 2 heteroatoms. The van der Waals surface area contributed by atoms with Gasteiger partial charge in [0, 0.05) is 25.4 Å². The lowest BCUT2D eigenvalue weighted by Crippen LogP contribution is -2.45. The zero-order valence-corrected chi connectivity index (χ0v) is 13.9. The van der Waals surface area contributed by atoms with Crippen molar-refractivity contribution in [3.8, 4) is 0 Å². The van der Waals surface area contributed by atoms with Crippen LogP contribution in [-0.2, 0) is 11.3 Å². The van der Waals surface area contributed by atoms with Crippen LogP contribution >= 0.6 is 0 Å². The van der Waals surface area contributed by atoms with Gasteiger partial charge in [0.1, 0.15) is 5.78 Å². The van der Waals surface area contributed by atoms with Crippen LogP contribution in [0.1, 0.15) is 47.8 Å². The molecule has 0 aromatic heterocycles. The molecule has 2 nitrogen and oxygen atoms in total. The molecular formula is C22H23NO. The van der Waals surface area contributed by atoms with Crippen molar-refractivity contribution in [1.29, 1.82) is 0 Å². The first-order chi connectivity index (χ1) is 11.8. The molecule has 0 N–H and O–H groups in total. The van der Waals surface area contributed by atoms with E-state index >= 15 is 0 Å². The maximum atomic E-state index is 12.5. The average Bonchev–Trinajstić information content (AvgIpc) is 3.00. The first-order valence-corrected chi connectivity index (χ1v) is 9.13. The predicted octanol–water partition coefficient (Wildman–Crippen LogP) is 4.12. The van der Waals surface area contributed by atoms with E-state index in [2.05, 4.69) is 59.5 Å². The van der Waals surface area contributed by atoms with Crippen LogP contribution in [0.5, 0.6) is 0 Å². The number of ketones is 1. The number of fused-ring (bicyclic) bond motifs is 1. The van der Waals surface area contributed by atoms with E-state index in [4.69, 9.17) is 0 Å². The maximum absolute atomic E-state index is 12.5. The number of carbonyl (C=O) groups excluding carboxylic acids is 1. The molecule has 3 unspecified atom stereocenters. The van der Waals surface area contributed by atoms with Crippen LogP contribution in [0.3, 0.4) is 0 Å². The molecule has 3 atom stereocenters. The Balaban J connectivity index is 1.43. The number of hydrogen-bond acceptors (Lipinski definition) is 2. The molecule has 4 aliphatic rings. The van der Waals surface area contributed by atoms with E-state index in [1.54, 1.807) is 0 Å². The van der Waals surface area contributed by atoms with Crippen LogP contribution in [0.4, 0.5) is 0 Å². The van der Waals surface area contributed by atoms with Gasteiger partial charge in [-0.25, -0.2) is 0 Å². The second kappa shape index (κ2) is 5.29. The Bertz CT molecular complexity index is 784. The molecule has 2 fully saturated rings. The molecule has 1 spiro atoms. The largest absolute Gasteiger partial charge is 0.299 e. The molecule has 2 aromatic carbocycles. The first-order valence-electron chi connectivity index (χ1n) is 9.13. The van der Waals surface area contributed by atoms with E-state index in [0.29, 0.717) is 17.1 Å². The molecule has 122 valence electrons. The summed E-state index contributed by atoms with van der Waals surface area (Å²) in [4.78, 5) is 15.1. The average molecular weight is 317 g/mol. The van der Waals surface area contributed by atoms with Gasteiger partial charge in [-0.3, -0.25) is 9.69 Å². The Hall–Kier alpha value is -1.93. The Morgan fingerprint density at radius 2 is 1.75 bits per heavy atom. The van der Waals surface area contributed by atoms with Gasteiger partial charge < -0.3 is 0 Å². The Morgan fingerprint density at radius 3 is 2.58 bits per heavy atom. The van der Waals surface area contributed by atoms with E-state index in [1.165, 1.54) is 23.1 Å². The molecule has 1 saturated heterocycles. The standard InChI is InChI=1S/C22H23NO/c24-21-12-20-18-9-5-4-8-17(18)19(21)13-22(20)10-11-23(15-22)14-16-6-2-1-3-7-16/h1-9,19-20H,10-15H2. The summed E-state index contributed by atoms with van der Waals surface area (Å²) < 4.78 is 0. The minimum atomic E-state index is 0.155. The van der Waals surface area contributed by atoms with Crippen molar-refractivity contribution in [3.63, 3.8) is 0 Å². The van der Waals surface area contributed by atoms with E-state index in [9.17, 15) is 4.79 Å². The number of likely N-dealkylation sites (tertiary alicyclic amines) is 1. The van der Waals surface area contributed by atoms with Gasteiger partial charge in [0.15, 0.2) is 0 Å². The van der Waals surface area contributed by atoms with E-state index in [1.807, 2.05) is 0 Å². The molecule has 1 aliphatic heterocycles. The third-order valence-corrected chi connectivity index (χ3v) is 6.60. The molecule has 3 aliphatic carbocycles. The van der Waals surface area contributed by atoms with Crippen molar-refractivity contribution in [2.24, 2.45) is 5.41 Å². The highest BCUT2D eigenvalue weighted by Gasteiger charge is 2.55. The van der Waals surface area contributed by atoms with Crippen LogP contribution in [0.15, 0.2) is 54.6 Å². The van der Waals surface area contributed by atoms with Crippen LogP contribution in [0.25, 0.3) is 0 Å². The highest BCUT2D eigenvalue weighted by Crippen LogP contribution is 2.60. The monoisotopic (exact) mass is 317 g/mol. The molecule has 2 aromatic rings. The number of benzene rings is 2. The van der Waals surface area contributed by atoms with Gasteiger partial charge in [-0.15, -0.1) is 0 Å². The second-order valence-electron chi connectivity index (χ2n) is 7.92. The zero-order chi connectivity index (χ0) is 16.1. The van der Waals surface area contributed by atoms with Gasteiger partial charge in [-0.05, 0) is 47.4 Å². The summed E-state index contributed by atoms with van der Waals surface area (Å²) in [5.41, 5.74) is 4.51. The fourth-order valence-corrected chi connectivity index (χ4v) is 5.50. The summed E-state index contributed by atoms with van der Waals surface area (Å²) in [5.74, 6) is 1.07. The molecule has 1 heterocycles. The zero-order valence-electron chi connectivity index (χ0n) is 13.9. The van der Waals surface area contributed by atoms with Crippen LogP contribution in [0.2, 0.25) is 0 Å². The van der Waals surface area contributed by atoms with Gasteiger partial charge in [0.05, 0.1) is 0 Å². The molecule has 6 rings (SSSR count). The summed E-state index contributed by atoms with van der Waals surface area (Å²) in [5, 5.41) is 0. The number of hydrogen-bond donors (Lipinski definition) is 0. The topological polar surface area (TPSA) is 20.3 Å². The third-order valence-electron chi connectivity index (χ3n) is 6.60. The quantitative estimate of drug-likeness (QED) is 0.830. The first kappa shape index (κ1) is 14.4. The number of Topliss-reactive ketones (excluding diaryl/α,β-unsaturated/α-hetero) is 1. The predicted molar refractivity (Wildman–Crippen MR) is 94.9 cm³/mol. The number of rotatable bonds is 2. The SMILES string of the molecule is O=C1CC2c3ccccc3C1CC21CCN(Cc2ccccc2)C1. The van der Waals surface area contributed by atoms with E-state index in [-0.39, 0.29) is 5.92 Å². The minimum Gasteiger partial charge on any atom is -0.299 e. The number of carbonyl (C=O) groups is 1. The smallest absolute Gasteiger partial charge is 0.141 e. The Kier molecular flexibility index (Phi) is 3.18. The van der Waals surface area contributed by atoms with Gasteiger partial charge >= 0.3 is 0 Å². The summed E-state index contributed by atoms with van der Waals surface area (Å²) in [6.45, 7) is 3.34. The van der Waals surface area contributed by atoms with Crippen LogP contribution < -0.4 is 0 Å².